The lowest BCUT2D eigenvalue weighted by Crippen LogP contribution is -2.36. The first-order valence-electron chi connectivity index (χ1n) is 10.7. The Kier molecular flexibility index (Phi) is 6.33. The lowest BCUT2D eigenvalue weighted by Gasteiger charge is -2.20. The van der Waals surface area contributed by atoms with Crippen LogP contribution in [0.25, 0.3) is 11.1 Å². The first-order valence-corrected chi connectivity index (χ1v) is 10.7. The van der Waals surface area contributed by atoms with Crippen molar-refractivity contribution in [2.24, 2.45) is 0 Å². The number of urea groups is 1. The lowest BCUT2D eigenvalue weighted by atomic mass is 9.99. The Bertz CT molecular complexity index is 963. The van der Waals surface area contributed by atoms with E-state index in [0.29, 0.717) is 13.1 Å². The van der Waals surface area contributed by atoms with Gasteiger partial charge in [-0.1, -0.05) is 66.7 Å². The van der Waals surface area contributed by atoms with Crippen LogP contribution in [0.15, 0.2) is 78.9 Å². The predicted molar refractivity (Wildman–Crippen MR) is 123 cm³/mol. The fourth-order valence-corrected chi connectivity index (χ4v) is 4.00. The molecule has 0 aromatic heterocycles. The molecule has 154 valence electrons. The second kappa shape index (κ2) is 9.49. The monoisotopic (exact) mass is 399 g/mol. The summed E-state index contributed by atoms with van der Waals surface area (Å²) in [5.74, 6) is 0. The number of nitrogens with zero attached hydrogens (tertiary/aromatic N) is 2. The van der Waals surface area contributed by atoms with Crippen LogP contribution in [0.3, 0.4) is 0 Å². The van der Waals surface area contributed by atoms with Gasteiger partial charge in [0, 0.05) is 38.9 Å². The number of carbonyl (C=O) groups is 1. The molecule has 0 spiro atoms. The van der Waals surface area contributed by atoms with Gasteiger partial charge >= 0.3 is 6.03 Å². The number of benzene rings is 3. The predicted octanol–water partition coefficient (Wildman–Crippen LogP) is 5.30. The molecular formula is C26H29N3O. The minimum absolute atomic E-state index is 0.0681. The fourth-order valence-electron chi connectivity index (χ4n) is 4.00. The smallest absolute Gasteiger partial charge is 0.317 e. The highest BCUT2D eigenvalue weighted by atomic mass is 16.2. The number of carbonyl (C=O) groups excluding carboxylic acids is 1. The highest BCUT2D eigenvalue weighted by Crippen LogP contribution is 2.24. The molecule has 0 atom stereocenters. The molecule has 3 aromatic rings. The number of amides is 2. The van der Waals surface area contributed by atoms with Crippen molar-refractivity contribution in [1.82, 2.24) is 10.2 Å². The maximum atomic E-state index is 12.7. The molecule has 4 heteroatoms. The molecule has 0 saturated carbocycles. The number of nitrogens with one attached hydrogen (secondary N) is 1. The zero-order valence-corrected chi connectivity index (χ0v) is 17.6. The Balaban J connectivity index is 1.34. The van der Waals surface area contributed by atoms with Crippen LogP contribution in [-0.2, 0) is 13.1 Å². The van der Waals surface area contributed by atoms with E-state index in [1.165, 1.54) is 24.1 Å². The van der Waals surface area contributed by atoms with E-state index in [1.54, 1.807) is 4.90 Å². The Morgan fingerprint density at radius 1 is 0.900 bits per heavy atom. The van der Waals surface area contributed by atoms with E-state index in [9.17, 15) is 4.79 Å². The van der Waals surface area contributed by atoms with Gasteiger partial charge < -0.3 is 15.1 Å². The van der Waals surface area contributed by atoms with Gasteiger partial charge in [-0.3, -0.25) is 0 Å². The van der Waals surface area contributed by atoms with E-state index in [0.717, 1.165) is 29.8 Å². The molecule has 0 bridgehead atoms. The summed E-state index contributed by atoms with van der Waals surface area (Å²) >= 11 is 0. The molecule has 1 N–H and O–H groups in total. The van der Waals surface area contributed by atoms with Crippen molar-refractivity contribution >= 4 is 11.7 Å². The normalized spacial score (nSPS) is 13.3. The average molecular weight is 400 g/mol. The average Bonchev–Trinajstić information content (AvgIpc) is 3.34. The summed E-state index contributed by atoms with van der Waals surface area (Å²) in [4.78, 5) is 16.8. The molecule has 1 saturated heterocycles. The second-order valence-corrected chi connectivity index (χ2v) is 7.90. The third-order valence-corrected chi connectivity index (χ3v) is 5.71. The van der Waals surface area contributed by atoms with Crippen LogP contribution in [0.2, 0.25) is 0 Å². The lowest BCUT2D eigenvalue weighted by molar-refractivity contribution is 0.206. The van der Waals surface area contributed by atoms with E-state index in [2.05, 4.69) is 58.7 Å². The minimum Gasteiger partial charge on any atom is -0.372 e. The molecule has 1 aliphatic rings. The van der Waals surface area contributed by atoms with Gasteiger partial charge in [-0.25, -0.2) is 4.79 Å². The van der Waals surface area contributed by atoms with Crippen LogP contribution in [0.1, 0.15) is 24.0 Å². The van der Waals surface area contributed by atoms with Crippen molar-refractivity contribution < 1.29 is 4.79 Å². The van der Waals surface area contributed by atoms with Gasteiger partial charge in [-0.2, -0.15) is 0 Å². The van der Waals surface area contributed by atoms with E-state index in [1.807, 2.05) is 37.4 Å². The third kappa shape index (κ3) is 4.82. The van der Waals surface area contributed by atoms with Crippen LogP contribution in [0.4, 0.5) is 10.5 Å². The summed E-state index contributed by atoms with van der Waals surface area (Å²) in [5, 5.41) is 3.04. The van der Waals surface area contributed by atoms with E-state index < -0.39 is 0 Å². The summed E-state index contributed by atoms with van der Waals surface area (Å²) in [7, 11) is 1.84. The third-order valence-electron chi connectivity index (χ3n) is 5.71. The van der Waals surface area contributed by atoms with E-state index >= 15 is 0 Å². The van der Waals surface area contributed by atoms with Crippen LogP contribution < -0.4 is 10.2 Å². The standard InChI is InChI=1S/C26H29N3O/c1-28(20-23-11-5-6-12-25(23)22-9-3-2-4-10-22)26(30)27-19-21-13-15-24(16-14-21)29-17-7-8-18-29/h2-6,9-16H,7-8,17-20H2,1H3,(H,27,30). The molecule has 4 nitrogen and oxygen atoms in total. The van der Waals surface area contributed by atoms with Gasteiger partial charge in [0.15, 0.2) is 0 Å². The van der Waals surface area contributed by atoms with Gasteiger partial charge in [0.05, 0.1) is 0 Å². The van der Waals surface area contributed by atoms with Crippen LogP contribution >= 0.6 is 0 Å². The Labute approximate surface area is 179 Å². The van der Waals surface area contributed by atoms with Crippen LogP contribution in [-0.4, -0.2) is 31.1 Å². The van der Waals surface area contributed by atoms with Crippen LogP contribution in [0, 0.1) is 0 Å². The SMILES string of the molecule is CN(Cc1ccccc1-c1ccccc1)C(=O)NCc1ccc(N2CCCC2)cc1. The van der Waals surface area contributed by atoms with Crippen molar-refractivity contribution in [3.05, 3.63) is 90.0 Å². The summed E-state index contributed by atoms with van der Waals surface area (Å²) in [6.07, 6.45) is 2.55. The molecule has 1 fully saturated rings. The van der Waals surface area contributed by atoms with Gasteiger partial charge in [0.25, 0.3) is 0 Å². The highest BCUT2D eigenvalue weighted by Gasteiger charge is 2.13. The molecule has 1 heterocycles. The zero-order chi connectivity index (χ0) is 20.8. The molecule has 2 amide bonds. The van der Waals surface area contributed by atoms with Gasteiger partial charge in [-0.05, 0) is 47.2 Å². The molecule has 0 radical (unpaired) electrons. The van der Waals surface area contributed by atoms with E-state index in [4.69, 9.17) is 0 Å². The maximum Gasteiger partial charge on any atom is 0.317 e. The largest absolute Gasteiger partial charge is 0.372 e. The van der Waals surface area contributed by atoms with Crippen LogP contribution in [0.5, 0.6) is 0 Å². The summed E-state index contributed by atoms with van der Waals surface area (Å²) in [6.45, 7) is 3.38. The Morgan fingerprint density at radius 3 is 2.30 bits per heavy atom. The topological polar surface area (TPSA) is 35.6 Å². The van der Waals surface area contributed by atoms with E-state index in [-0.39, 0.29) is 6.03 Å². The number of hydrogen-bond donors (Lipinski definition) is 1. The van der Waals surface area contributed by atoms with Crippen molar-refractivity contribution in [1.29, 1.82) is 0 Å². The molecule has 4 rings (SSSR count). The molecular weight excluding hydrogens is 370 g/mol. The number of hydrogen-bond acceptors (Lipinski definition) is 2. The quantitative estimate of drug-likeness (QED) is 0.611. The first kappa shape index (κ1) is 20.0. The summed E-state index contributed by atoms with van der Waals surface area (Å²) in [6, 6.07) is 27.0. The molecule has 30 heavy (non-hydrogen) atoms. The molecule has 0 unspecified atom stereocenters. The van der Waals surface area contributed by atoms with Gasteiger partial charge in [0.1, 0.15) is 0 Å². The minimum atomic E-state index is -0.0681. The van der Waals surface area contributed by atoms with Gasteiger partial charge in [0.2, 0.25) is 0 Å². The highest BCUT2D eigenvalue weighted by molar-refractivity contribution is 5.75. The molecule has 3 aromatic carbocycles. The summed E-state index contributed by atoms with van der Waals surface area (Å²) in [5.41, 5.74) is 5.85. The summed E-state index contributed by atoms with van der Waals surface area (Å²) < 4.78 is 0. The Hall–Kier alpha value is -3.27. The van der Waals surface area contributed by atoms with Crippen molar-refractivity contribution in [2.45, 2.75) is 25.9 Å². The second-order valence-electron chi connectivity index (χ2n) is 7.90. The first-order chi connectivity index (χ1) is 14.7. The van der Waals surface area contributed by atoms with Crippen molar-refractivity contribution in [3.63, 3.8) is 0 Å². The zero-order valence-electron chi connectivity index (χ0n) is 17.6. The molecule has 0 aliphatic carbocycles. The fraction of sp³-hybridized carbons (Fsp3) is 0.269. The van der Waals surface area contributed by atoms with Crippen molar-refractivity contribution in [2.75, 3.05) is 25.0 Å². The number of rotatable bonds is 6. The van der Waals surface area contributed by atoms with Crippen molar-refractivity contribution in [3.8, 4) is 11.1 Å². The molecule has 1 aliphatic heterocycles. The number of anilines is 1. The Morgan fingerprint density at radius 2 is 1.57 bits per heavy atom. The maximum absolute atomic E-state index is 12.7. The van der Waals surface area contributed by atoms with Gasteiger partial charge in [-0.15, -0.1) is 0 Å².